The van der Waals surface area contributed by atoms with Gasteiger partial charge in [-0.05, 0) is 35.9 Å². The number of carbonyl (C=O) groups excluding carboxylic acids is 2. The van der Waals surface area contributed by atoms with Crippen molar-refractivity contribution < 1.29 is 18.4 Å². The first-order valence-electron chi connectivity index (χ1n) is 9.80. The Bertz CT molecular complexity index is 1000. The van der Waals surface area contributed by atoms with E-state index in [-0.39, 0.29) is 11.9 Å². The van der Waals surface area contributed by atoms with Crippen molar-refractivity contribution in [1.82, 2.24) is 15.1 Å². The number of hydrogen-bond acceptors (Lipinski definition) is 3. The van der Waals surface area contributed by atoms with Crippen LogP contribution in [-0.2, 0) is 0 Å². The van der Waals surface area contributed by atoms with E-state index in [1.807, 2.05) is 36.4 Å². The van der Waals surface area contributed by atoms with Crippen LogP contribution < -0.4 is 5.32 Å². The number of nitrogens with zero attached hydrogens (tertiary/aromatic N) is 2. The average Bonchev–Trinajstić information content (AvgIpc) is 3.32. The molecule has 0 saturated carbocycles. The van der Waals surface area contributed by atoms with Crippen molar-refractivity contribution in [2.24, 2.45) is 0 Å². The molecule has 0 spiro atoms. The summed E-state index contributed by atoms with van der Waals surface area (Å²) in [5, 5.41) is 3.03. The van der Waals surface area contributed by atoms with Crippen molar-refractivity contribution in [3.63, 3.8) is 0 Å². The van der Waals surface area contributed by atoms with Crippen LogP contribution in [0, 0.1) is 5.82 Å². The number of amides is 3. The molecule has 3 aromatic rings. The largest absolute Gasteiger partial charge is 0.467 e. The normalized spacial score (nSPS) is 15.0. The van der Waals surface area contributed by atoms with Gasteiger partial charge in [-0.3, -0.25) is 4.79 Å². The maximum atomic E-state index is 13.4. The first-order valence-corrected chi connectivity index (χ1v) is 9.80. The second kappa shape index (κ2) is 8.82. The molecule has 1 aliphatic heterocycles. The number of rotatable bonds is 4. The Labute approximate surface area is 173 Å². The van der Waals surface area contributed by atoms with E-state index in [2.05, 4.69) is 5.32 Å². The third-order valence-electron chi connectivity index (χ3n) is 5.15. The molecule has 1 atom stereocenters. The summed E-state index contributed by atoms with van der Waals surface area (Å²) in [5.74, 6) is -0.0227. The highest BCUT2D eigenvalue weighted by Gasteiger charge is 2.27. The standard InChI is InChI=1S/C23H22FN3O3/c24-19-9-4-8-18(16-19)22(28)26-11-13-27(14-12-26)23(29)25-21(20-10-5-15-30-20)17-6-2-1-3-7-17/h1-10,15-16,21H,11-14H2,(H,25,29). The molecule has 2 aromatic carbocycles. The van der Waals surface area contributed by atoms with Crippen molar-refractivity contribution in [1.29, 1.82) is 0 Å². The quantitative estimate of drug-likeness (QED) is 0.718. The second-order valence-corrected chi connectivity index (χ2v) is 7.10. The maximum Gasteiger partial charge on any atom is 0.318 e. The van der Waals surface area contributed by atoms with Gasteiger partial charge in [0, 0.05) is 31.7 Å². The second-order valence-electron chi connectivity index (χ2n) is 7.10. The van der Waals surface area contributed by atoms with Crippen LogP contribution in [0.15, 0.2) is 77.4 Å². The molecule has 0 bridgehead atoms. The SMILES string of the molecule is O=C(NC(c1ccccc1)c1ccco1)N1CCN(C(=O)c2cccc(F)c2)CC1. The molecule has 1 aromatic heterocycles. The molecule has 1 unspecified atom stereocenters. The Morgan fingerprint density at radius 1 is 0.900 bits per heavy atom. The van der Waals surface area contributed by atoms with Crippen molar-refractivity contribution >= 4 is 11.9 Å². The molecule has 30 heavy (non-hydrogen) atoms. The summed E-state index contributed by atoms with van der Waals surface area (Å²) in [7, 11) is 0. The first-order chi connectivity index (χ1) is 14.6. The minimum absolute atomic E-state index is 0.224. The number of furan rings is 1. The van der Waals surface area contributed by atoms with E-state index in [4.69, 9.17) is 4.42 Å². The third-order valence-corrected chi connectivity index (χ3v) is 5.15. The van der Waals surface area contributed by atoms with Crippen LogP contribution in [-0.4, -0.2) is 47.9 Å². The Kier molecular flexibility index (Phi) is 5.79. The van der Waals surface area contributed by atoms with Gasteiger partial charge in [-0.15, -0.1) is 0 Å². The number of benzene rings is 2. The van der Waals surface area contributed by atoms with Crippen molar-refractivity contribution in [3.05, 3.63) is 95.7 Å². The Morgan fingerprint density at radius 2 is 1.63 bits per heavy atom. The fourth-order valence-corrected chi connectivity index (χ4v) is 3.55. The highest BCUT2D eigenvalue weighted by molar-refractivity contribution is 5.94. The van der Waals surface area contributed by atoms with Gasteiger partial charge < -0.3 is 19.5 Å². The molecule has 154 valence electrons. The lowest BCUT2D eigenvalue weighted by molar-refractivity contribution is 0.0663. The molecule has 0 radical (unpaired) electrons. The summed E-state index contributed by atoms with van der Waals surface area (Å²) in [4.78, 5) is 28.8. The van der Waals surface area contributed by atoms with Gasteiger partial charge in [0.25, 0.3) is 5.91 Å². The zero-order valence-corrected chi connectivity index (χ0v) is 16.3. The molecule has 4 rings (SSSR count). The van der Waals surface area contributed by atoms with Gasteiger partial charge >= 0.3 is 6.03 Å². The van der Waals surface area contributed by atoms with Gasteiger partial charge in [0.05, 0.1) is 6.26 Å². The van der Waals surface area contributed by atoms with E-state index in [0.717, 1.165) is 5.56 Å². The van der Waals surface area contributed by atoms with Crippen LogP contribution in [0.5, 0.6) is 0 Å². The predicted octanol–water partition coefficient (Wildman–Crippen LogP) is 3.68. The Morgan fingerprint density at radius 3 is 2.30 bits per heavy atom. The molecule has 1 fully saturated rings. The zero-order valence-electron chi connectivity index (χ0n) is 16.3. The van der Waals surface area contributed by atoms with Crippen LogP contribution >= 0.6 is 0 Å². The molecule has 1 N–H and O–H groups in total. The Hall–Kier alpha value is -3.61. The maximum absolute atomic E-state index is 13.4. The minimum Gasteiger partial charge on any atom is -0.467 e. The Balaban J connectivity index is 1.39. The molecule has 2 heterocycles. The van der Waals surface area contributed by atoms with Crippen molar-refractivity contribution in [2.75, 3.05) is 26.2 Å². The first kappa shape index (κ1) is 19.7. The summed E-state index contributed by atoms with van der Waals surface area (Å²) in [6.07, 6.45) is 1.58. The van der Waals surface area contributed by atoms with Crippen molar-refractivity contribution in [3.8, 4) is 0 Å². The van der Waals surface area contributed by atoms with E-state index in [1.54, 1.807) is 28.2 Å². The van der Waals surface area contributed by atoms with Crippen LogP contribution in [0.4, 0.5) is 9.18 Å². The lowest BCUT2D eigenvalue weighted by Gasteiger charge is -2.35. The number of hydrogen-bond donors (Lipinski definition) is 1. The van der Waals surface area contributed by atoms with Crippen molar-refractivity contribution in [2.45, 2.75) is 6.04 Å². The van der Waals surface area contributed by atoms with Crippen LogP contribution in [0.25, 0.3) is 0 Å². The van der Waals surface area contributed by atoms with Gasteiger partial charge in [0.1, 0.15) is 17.6 Å². The van der Waals surface area contributed by atoms with Gasteiger partial charge in [0.2, 0.25) is 0 Å². The molecular formula is C23H22FN3O3. The molecule has 1 aliphatic rings. The summed E-state index contributed by atoms with van der Waals surface area (Å²) >= 11 is 0. The number of carbonyl (C=O) groups is 2. The fraction of sp³-hybridized carbons (Fsp3) is 0.217. The molecule has 1 saturated heterocycles. The topological polar surface area (TPSA) is 65.8 Å². The van der Waals surface area contributed by atoms with E-state index in [9.17, 15) is 14.0 Å². The lowest BCUT2D eigenvalue weighted by Crippen LogP contribution is -2.53. The predicted molar refractivity (Wildman–Crippen MR) is 109 cm³/mol. The average molecular weight is 407 g/mol. The molecular weight excluding hydrogens is 385 g/mol. The zero-order chi connectivity index (χ0) is 20.9. The number of halogens is 1. The van der Waals surface area contributed by atoms with E-state index in [0.29, 0.717) is 37.5 Å². The minimum atomic E-state index is -0.441. The highest BCUT2D eigenvalue weighted by atomic mass is 19.1. The van der Waals surface area contributed by atoms with Crippen LogP contribution in [0.2, 0.25) is 0 Å². The van der Waals surface area contributed by atoms with Gasteiger partial charge in [-0.1, -0.05) is 36.4 Å². The van der Waals surface area contributed by atoms with Gasteiger partial charge in [0.15, 0.2) is 0 Å². The smallest absolute Gasteiger partial charge is 0.318 e. The van der Waals surface area contributed by atoms with E-state index >= 15 is 0 Å². The summed E-state index contributed by atoms with van der Waals surface area (Å²) in [6, 6.07) is 18.2. The third kappa shape index (κ3) is 4.35. The molecule has 6 nitrogen and oxygen atoms in total. The number of urea groups is 1. The monoisotopic (exact) mass is 407 g/mol. The highest BCUT2D eigenvalue weighted by Crippen LogP contribution is 2.23. The molecule has 7 heteroatoms. The fourth-order valence-electron chi connectivity index (χ4n) is 3.55. The molecule has 0 aliphatic carbocycles. The lowest BCUT2D eigenvalue weighted by atomic mass is 10.0. The summed E-state index contributed by atoms with van der Waals surface area (Å²) < 4.78 is 18.9. The summed E-state index contributed by atoms with van der Waals surface area (Å²) in [6.45, 7) is 1.57. The van der Waals surface area contributed by atoms with Crippen LogP contribution in [0.3, 0.4) is 0 Å². The van der Waals surface area contributed by atoms with E-state index in [1.165, 1.54) is 18.2 Å². The van der Waals surface area contributed by atoms with Gasteiger partial charge in [-0.2, -0.15) is 0 Å². The van der Waals surface area contributed by atoms with Gasteiger partial charge in [-0.25, -0.2) is 9.18 Å². The summed E-state index contributed by atoms with van der Waals surface area (Å²) in [5.41, 5.74) is 1.23. The number of nitrogens with one attached hydrogen (secondary N) is 1. The van der Waals surface area contributed by atoms with E-state index < -0.39 is 11.9 Å². The van der Waals surface area contributed by atoms with Crippen LogP contribution in [0.1, 0.15) is 27.7 Å². The molecule has 3 amide bonds. The number of piperazine rings is 1.